The first-order chi connectivity index (χ1) is 14.8. The van der Waals surface area contributed by atoms with E-state index in [1.165, 1.54) is 12.5 Å². The number of hydrogen-bond acceptors (Lipinski definition) is 4. The summed E-state index contributed by atoms with van der Waals surface area (Å²) in [5.41, 5.74) is 0.798. The van der Waals surface area contributed by atoms with Crippen LogP contribution in [0.25, 0.3) is 11.3 Å². The molecule has 0 atom stereocenters. The lowest BCUT2D eigenvalue weighted by Crippen LogP contribution is -2.29. The van der Waals surface area contributed by atoms with Gasteiger partial charge >= 0.3 is 0 Å². The number of amides is 1. The van der Waals surface area contributed by atoms with E-state index < -0.39 is 17.5 Å². The van der Waals surface area contributed by atoms with Crippen LogP contribution in [-0.2, 0) is 7.05 Å². The molecule has 1 fully saturated rings. The number of halogens is 2. The molecule has 0 saturated heterocycles. The maximum absolute atomic E-state index is 14.1. The maximum atomic E-state index is 14.1. The number of aromatic nitrogens is 3. The van der Waals surface area contributed by atoms with Crippen molar-refractivity contribution in [1.29, 1.82) is 0 Å². The summed E-state index contributed by atoms with van der Waals surface area (Å²) in [7, 11) is 1.80. The van der Waals surface area contributed by atoms with Gasteiger partial charge in [-0.1, -0.05) is 24.4 Å². The first kappa shape index (κ1) is 21.0. The van der Waals surface area contributed by atoms with Crippen molar-refractivity contribution in [2.45, 2.75) is 52.0 Å². The molecule has 0 spiro atoms. The molecular weight excluding hydrogens is 406 g/mol. The summed E-state index contributed by atoms with van der Waals surface area (Å²) in [6.07, 6.45) is 5.17. The van der Waals surface area contributed by atoms with E-state index in [-0.39, 0.29) is 34.3 Å². The van der Waals surface area contributed by atoms with E-state index in [0.29, 0.717) is 11.3 Å². The van der Waals surface area contributed by atoms with Crippen LogP contribution < -0.4 is 10.9 Å². The molecule has 0 radical (unpaired) electrons. The molecular formula is C22H24F2N4O3. The monoisotopic (exact) mass is 430 g/mol. The molecule has 9 heteroatoms. The minimum absolute atomic E-state index is 0.000922. The van der Waals surface area contributed by atoms with Crippen LogP contribution in [0.5, 0.6) is 0 Å². The molecule has 1 aliphatic rings. The van der Waals surface area contributed by atoms with Gasteiger partial charge < -0.3 is 9.84 Å². The molecule has 164 valence electrons. The summed E-state index contributed by atoms with van der Waals surface area (Å²) in [6, 6.07) is 3.17. The summed E-state index contributed by atoms with van der Waals surface area (Å²) < 4.78 is 36.0. The molecule has 7 nitrogen and oxygen atoms in total. The number of nitrogens with zero attached hydrogens (tertiary/aromatic N) is 3. The molecule has 0 bridgehead atoms. The number of benzene rings is 1. The fourth-order valence-electron chi connectivity index (χ4n) is 4.25. The predicted molar refractivity (Wildman–Crippen MR) is 111 cm³/mol. The van der Waals surface area contributed by atoms with Crippen molar-refractivity contribution in [3.05, 3.63) is 57.1 Å². The van der Waals surface area contributed by atoms with Crippen molar-refractivity contribution in [1.82, 2.24) is 14.5 Å². The highest BCUT2D eigenvalue weighted by Gasteiger charge is 2.27. The maximum Gasteiger partial charge on any atom is 0.291 e. The van der Waals surface area contributed by atoms with Gasteiger partial charge in [0.15, 0.2) is 11.5 Å². The topological polar surface area (TPSA) is 82.1 Å². The van der Waals surface area contributed by atoms with Gasteiger partial charge in [0, 0.05) is 18.7 Å². The predicted octanol–water partition coefficient (Wildman–Crippen LogP) is 4.49. The van der Waals surface area contributed by atoms with Gasteiger partial charge in [-0.05, 0) is 38.8 Å². The Morgan fingerprint density at radius 2 is 1.90 bits per heavy atom. The fraction of sp³-hybridized carbons (Fsp3) is 0.409. The largest absolute Gasteiger partial charge is 0.355 e. The van der Waals surface area contributed by atoms with Crippen molar-refractivity contribution in [2.24, 2.45) is 7.05 Å². The number of nitrogens with one attached hydrogen (secondary N) is 1. The number of rotatable bonds is 4. The standard InChI is InChI=1S/C22H24F2N4O3/c1-12-18(26-31-20(12)16-10-9-14(23)11-17(16)24)21(29)25-19-13(2)27(3)28(22(19)30)15-7-5-4-6-8-15/h9-11,15H,4-8H2,1-3H3,(H,25,29). The van der Waals surface area contributed by atoms with Crippen molar-refractivity contribution in [3.8, 4) is 11.3 Å². The van der Waals surface area contributed by atoms with Gasteiger partial charge in [-0.3, -0.25) is 14.3 Å². The first-order valence-corrected chi connectivity index (χ1v) is 10.3. The van der Waals surface area contributed by atoms with E-state index in [0.717, 1.165) is 37.8 Å². The third-order valence-corrected chi connectivity index (χ3v) is 6.07. The number of anilines is 1. The zero-order valence-corrected chi connectivity index (χ0v) is 17.7. The summed E-state index contributed by atoms with van der Waals surface area (Å²) in [5.74, 6) is -2.13. The van der Waals surface area contributed by atoms with Gasteiger partial charge in [0.25, 0.3) is 11.5 Å². The second-order valence-electron chi connectivity index (χ2n) is 7.99. The molecule has 2 aromatic heterocycles. The van der Waals surface area contributed by atoms with Crippen LogP contribution in [-0.4, -0.2) is 20.4 Å². The van der Waals surface area contributed by atoms with E-state index in [4.69, 9.17) is 4.52 Å². The normalized spacial score (nSPS) is 14.7. The van der Waals surface area contributed by atoms with E-state index >= 15 is 0 Å². The van der Waals surface area contributed by atoms with Crippen molar-refractivity contribution in [3.63, 3.8) is 0 Å². The van der Waals surface area contributed by atoms with E-state index in [1.807, 2.05) is 0 Å². The Morgan fingerprint density at radius 3 is 2.58 bits per heavy atom. The van der Waals surface area contributed by atoms with Crippen LogP contribution in [0.1, 0.15) is 59.9 Å². The van der Waals surface area contributed by atoms with Crippen molar-refractivity contribution in [2.75, 3.05) is 5.32 Å². The zero-order chi connectivity index (χ0) is 22.3. The molecule has 1 aliphatic carbocycles. The van der Waals surface area contributed by atoms with Gasteiger partial charge in [0.2, 0.25) is 0 Å². The Labute approximate surface area is 177 Å². The van der Waals surface area contributed by atoms with E-state index in [2.05, 4.69) is 10.5 Å². The van der Waals surface area contributed by atoms with Gasteiger partial charge in [-0.25, -0.2) is 13.5 Å². The Bertz CT molecular complexity index is 1200. The summed E-state index contributed by atoms with van der Waals surface area (Å²) in [4.78, 5) is 25.9. The third kappa shape index (κ3) is 3.68. The lowest BCUT2D eigenvalue weighted by atomic mass is 9.96. The highest BCUT2D eigenvalue weighted by molar-refractivity contribution is 6.04. The summed E-state index contributed by atoms with van der Waals surface area (Å²) >= 11 is 0. The Kier molecular flexibility index (Phi) is 5.51. The zero-order valence-electron chi connectivity index (χ0n) is 17.7. The van der Waals surface area contributed by atoms with Crippen molar-refractivity contribution >= 4 is 11.6 Å². The van der Waals surface area contributed by atoms with Crippen LogP contribution in [0.2, 0.25) is 0 Å². The fourth-order valence-corrected chi connectivity index (χ4v) is 4.25. The lowest BCUT2D eigenvalue weighted by Gasteiger charge is -2.24. The summed E-state index contributed by atoms with van der Waals surface area (Å²) in [6.45, 7) is 3.33. The molecule has 1 saturated carbocycles. The quantitative estimate of drug-likeness (QED) is 0.661. The van der Waals surface area contributed by atoms with Crippen LogP contribution >= 0.6 is 0 Å². The van der Waals surface area contributed by atoms with Crippen LogP contribution in [0.3, 0.4) is 0 Å². The van der Waals surface area contributed by atoms with Gasteiger partial charge in [-0.15, -0.1) is 0 Å². The lowest BCUT2D eigenvalue weighted by molar-refractivity contribution is 0.101. The van der Waals surface area contributed by atoms with Gasteiger partial charge in [0.05, 0.1) is 17.3 Å². The Hall–Kier alpha value is -3.23. The first-order valence-electron chi connectivity index (χ1n) is 10.3. The average Bonchev–Trinajstić information content (AvgIpc) is 3.22. The van der Waals surface area contributed by atoms with Gasteiger partial charge in [0.1, 0.15) is 17.3 Å². The second kappa shape index (κ2) is 8.13. The third-order valence-electron chi connectivity index (χ3n) is 6.07. The number of hydrogen-bond donors (Lipinski definition) is 1. The Morgan fingerprint density at radius 1 is 1.19 bits per heavy atom. The van der Waals surface area contributed by atoms with E-state index in [1.54, 1.807) is 30.3 Å². The van der Waals surface area contributed by atoms with Crippen LogP contribution in [0.15, 0.2) is 27.5 Å². The molecule has 1 N–H and O–H groups in total. The molecule has 1 aromatic carbocycles. The molecule has 31 heavy (non-hydrogen) atoms. The SMILES string of the molecule is Cc1c(C(=O)Nc2c(C)n(C)n(C3CCCCC3)c2=O)noc1-c1ccc(F)cc1F. The number of carbonyl (C=O) groups excluding carboxylic acids is 1. The molecule has 2 heterocycles. The molecule has 0 unspecified atom stereocenters. The highest BCUT2D eigenvalue weighted by Crippen LogP contribution is 2.30. The molecule has 3 aromatic rings. The minimum Gasteiger partial charge on any atom is -0.355 e. The molecule has 1 amide bonds. The smallest absolute Gasteiger partial charge is 0.291 e. The van der Waals surface area contributed by atoms with Crippen molar-refractivity contribution < 1.29 is 18.1 Å². The number of carbonyl (C=O) groups is 1. The van der Waals surface area contributed by atoms with Crippen LogP contribution in [0, 0.1) is 25.5 Å². The second-order valence-corrected chi connectivity index (χ2v) is 7.99. The minimum atomic E-state index is -0.819. The van der Waals surface area contributed by atoms with E-state index in [9.17, 15) is 18.4 Å². The highest BCUT2D eigenvalue weighted by atomic mass is 19.1. The molecule has 0 aliphatic heterocycles. The average molecular weight is 430 g/mol. The van der Waals surface area contributed by atoms with Crippen LogP contribution in [0.4, 0.5) is 14.5 Å². The molecule has 4 rings (SSSR count). The van der Waals surface area contributed by atoms with Gasteiger partial charge in [-0.2, -0.15) is 0 Å². The summed E-state index contributed by atoms with van der Waals surface area (Å²) in [5, 5.41) is 6.42. The Balaban J connectivity index is 1.64.